The van der Waals surface area contributed by atoms with E-state index in [-0.39, 0.29) is 11.5 Å². The molecule has 2 heterocycles. The van der Waals surface area contributed by atoms with E-state index in [4.69, 9.17) is 11.6 Å². The maximum Gasteiger partial charge on any atom is 0.268 e. The predicted octanol–water partition coefficient (Wildman–Crippen LogP) is 1.33. The minimum atomic E-state index is -0.504. The number of ketones is 1. The van der Waals surface area contributed by atoms with Crippen LogP contribution in [0.5, 0.6) is 11.5 Å². The number of phenols is 1. The number of nitrogens with two attached hydrogens (primary N) is 1. The summed E-state index contributed by atoms with van der Waals surface area (Å²) < 4.78 is 0. The van der Waals surface area contributed by atoms with Crippen molar-refractivity contribution in [3.05, 3.63) is 41.0 Å². The van der Waals surface area contributed by atoms with E-state index in [2.05, 4.69) is 9.98 Å². The number of aromatic nitrogens is 1. The van der Waals surface area contributed by atoms with Crippen LogP contribution in [0.1, 0.15) is 10.4 Å². The number of aromatic hydroxyl groups is 1. The summed E-state index contributed by atoms with van der Waals surface area (Å²) in [6, 6.07) is 5.52. The molecule has 0 atom stereocenters. The molecule has 0 unspecified atom stereocenters. The molecule has 0 saturated heterocycles. The Morgan fingerprint density at radius 2 is 2.23 bits per heavy atom. The van der Waals surface area contributed by atoms with Crippen LogP contribution in [-0.4, -0.2) is 26.8 Å². The smallest absolute Gasteiger partial charge is 0.268 e. The number of aliphatic imine (C=N–C) groups is 1. The van der Waals surface area contributed by atoms with Crippen LogP contribution in [0, 0.1) is 0 Å². The third-order valence-corrected chi connectivity index (χ3v) is 4.11. The predicted molar refractivity (Wildman–Crippen MR) is 82.3 cm³/mol. The maximum absolute atomic E-state index is 12.1. The van der Waals surface area contributed by atoms with Gasteiger partial charge in [-0.15, -0.1) is 0 Å². The number of benzene rings is 1. The Hall–Kier alpha value is -2.09. The molecule has 1 aliphatic heterocycles. The fourth-order valence-electron chi connectivity index (χ4n) is 1.90. The van der Waals surface area contributed by atoms with Crippen molar-refractivity contribution in [2.24, 2.45) is 4.99 Å². The first-order valence-electron chi connectivity index (χ1n) is 6.28. The molecule has 0 fully saturated rings. The number of rotatable bonds is 3. The van der Waals surface area contributed by atoms with Crippen LogP contribution in [0.25, 0.3) is 0 Å². The summed E-state index contributed by atoms with van der Waals surface area (Å²) in [5.74, 6) is -0.400. The number of carbonyl (C=O) groups is 1. The number of hydrogen-bond acceptors (Lipinski definition) is 6. The van der Waals surface area contributed by atoms with Gasteiger partial charge in [-0.2, -0.15) is 4.99 Å². The molecule has 1 aliphatic rings. The van der Waals surface area contributed by atoms with Gasteiger partial charge in [0.25, 0.3) is 5.17 Å². The van der Waals surface area contributed by atoms with Crippen LogP contribution < -0.4 is 10.4 Å². The van der Waals surface area contributed by atoms with Gasteiger partial charge < -0.3 is 10.2 Å². The van der Waals surface area contributed by atoms with E-state index >= 15 is 0 Å². The Labute approximate surface area is 134 Å². The van der Waals surface area contributed by atoms with Crippen LogP contribution in [0.2, 0.25) is 5.02 Å². The molecular formula is C14H10ClN3O3S. The van der Waals surface area contributed by atoms with E-state index < -0.39 is 11.5 Å². The van der Waals surface area contributed by atoms with Crippen molar-refractivity contribution >= 4 is 45.8 Å². The number of halogens is 1. The summed E-state index contributed by atoms with van der Waals surface area (Å²) >= 11 is 7.12. The molecule has 0 saturated carbocycles. The lowest BCUT2D eigenvalue weighted by molar-refractivity contribution is -0.432. The van der Waals surface area contributed by atoms with Crippen molar-refractivity contribution < 1.29 is 20.3 Å². The summed E-state index contributed by atoms with van der Waals surface area (Å²) in [5, 5.41) is 23.5. The largest absolute Gasteiger partial charge is 0.870 e. The second-order valence-electron chi connectivity index (χ2n) is 4.56. The number of quaternary nitrogens is 1. The van der Waals surface area contributed by atoms with Gasteiger partial charge in [-0.25, -0.2) is 4.98 Å². The first kappa shape index (κ1) is 14.8. The second-order valence-corrected chi connectivity index (χ2v) is 5.99. The first-order valence-corrected chi connectivity index (χ1v) is 7.64. The number of thioether (sulfide) groups is 1. The van der Waals surface area contributed by atoms with Gasteiger partial charge in [0.05, 0.1) is 10.8 Å². The van der Waals surface area contributed by atoms with E-state index in [1.54, 1.807) is 6.07 Å². The number of amidine groups is 1. The zero-order valence-corrected chi connectivity index (χ0v) is 12.7. The SMILES string of the molecule is O=C(CSC1=Nc2ncc(Cl)cc2[NH2+]1)c1ccc([O-])c(O)c1. The van der Waals surface area contributed by atoms with Crippen LogP contribution in [0.3, 0.4) is 0 Å². The highest BCUT2D eigenvalue weighted by Crippen LogP contribution is 2.27. The summed E-state index contributed by atoms with van der Waals surface area (Å²) in [4.78, 5) is 20.4. The van der Waals surface area contributed by atoms with Gasteiger partial charge in [0.1, 0.15) is 5.75 Å². The van der Waals surface area contributed by atoms with Crippen LogP contribution in [0.4, 0.5) is 11.5 Å². The molecule has 0 bridgehead atoms. The third kappa shape index (κ3) is 3.06. The number of Topliss-reactive ketones (excluding diaryl/α,β-unsaturated/α-hetero) is 1. The molecule has 3 rings (SSSR count). The number of phenolic OH excluding ortho intramolecular Hbond substituents is 1. The number of hydrogen-bond donors (Lipinski definition) is 2. The lowest BCUT2D eigenvalue weighted by atomic mass is 10.1. The molecular weight excluding hydrogens is 326 g/mol. The molecule has 3 N–H and O–H groups in total. The molecule has 0 radical (unpaired) electrons. The van der Waals surface area contributed by atoms with E-state index in [9.17, 15) is 15.0 Å². The van der Waals surface area contributed by atoms with E-state index in [0.29, 0.717) is 21.6 Å². The maximum atomic E-state index is 12.1. The standard InChI is InChI=1S/C14H10ClN3O3S/c15-8-4-9-13(16-5-8)18-14(17-9)22-6-12(21)7-1-2-10(19)11(20)3-7/h1-5,19-20H,6H2,(H,16,17,18). The highest BCUT2D eigenvalue weighted by molar-refractivity contribution is 8.13. The van der Waals surface area contributed by atoms with Crippen LogP contribution >= 0.6 is 23.4 Å². The van der Waals surface area contributed by atoms with E-state index in [1.165, 1.54) is 36.2 Å². The third-order valence-electron chi connectivity index (χ3n) is 2.99. The molecule has 1 aromatic carbocycles. The van der Waals surface area contributed by atoms with Crippen molar-refractivity contribution in [2.75, 3.05) is 5.75 Å². The monoisotopic (exact) mass is 335 g/mol. The molecule has 0 amide bonds. The zero-order valence-electron chi connectivity index (χ0n) is 11.1. The van der Waals surface area contributed by atoms with Gasteiger partial charge in [-0.3, -0.25) is 10.1 Å². The minimum absolute atomic E-state index is 0.148. The van der Waals surface area contributed by atoms with Crippen LogP contribution in [-0.2, 0) is 0 Å². The fraction of sp³-hybridized carbons (Fsp3) is 0.0714. The molecule has 0 spiro atoms. The fourth-order valence-corrected chi connectivity index (χ4v) is 2.88. The summed E-state index contributed by atoms with van der Waals surface area (Å²) in [6.07, 6.45) is 1.52. The second kappa shape index (κ2) is 5.96. The molecule has 1 aromatic heterocycles. The molecule has 22 heavy (non-hydrogen) atoms. The van der Waals surface area contributed by atoms with Gasteiger partial charge in [-0.05, 0) is 17.8 Å². The van der Waals surface area contributed by atoms with Gasteiger partial charge in [0.15, 0.2) is 11.5 Å². The highest BCUT2D eigenvalue weighted by atomic mass is 35.5. The molecule has 0 aliphatic carbocycles. The molecule has 6 nitrogen and oxygen atoms in total. The van der Waals surface area contributed by atoms with Crippen molar-refractivity contribution in [1.82, 2.24) is 4.98 Å². The van der Waals surface area contributed by atoms with E-state index in [0.717, 1.165) is 5.69 Å². The van der Waals surface area contributed by atoms with Gasteiger partial charge in [-0.1, -0.05) is 29.5 Å². The summed E-state index contributed by atoms with van der Waals surface area (Å²) in [7, 11) is 0. The Bertz CT molecular complexity index is 795. The number of nitrogens with zero attached hydrogens (tertiary/aromatic N) is 2. The van der Waals surface area contributed by atoms with Gasteiger partial charge in [0.2, 0.25) is 5.82 Å². The Kier molecular flexibility index (Phi) is 4.02. The first-order chi connectivity index (χ1) is 10.5. The van der Waals surface area contributed by atoms with Crippen molar-refractivity contribution in [3.63, 3.8) is 0 Å². The molecule has 8 heteroatoms. The average Bonchev–Trinajstić information content (AvgIpc) is 2.89. The zero-order chi connectivity index (χ0) is 15.7. The lowest BCUT2D eigenvalue weighted by Crippen LogP contribution is -2.79. The Morgan fingerprint density at radius 3 is 3.00 bits per heavy atom. The van der Waals surface area contributed by atoms with Crippen LogP contribution in [0.15, 0.2) is 35.5 Å². The van der Waals surface area contributed by atoms with Gasteiger partial charge >= 0.3 is 0 Å². The summed E-state index contributed by atoms with van der Waals surface area (Å²) in [6.45, 7) is 0. The van der Waals surface area contributed by atoms with E-state index in [1.807, 2.05) is 5.32 Å². The average molecular weight is 336 g/mol. The van der Waals surface area contributed by atoms with Crippen molar-refractivity contribution in [1.29, 1.82) is 0 Å². The molecule has 112 valence electrons. The normalized spacial score (nSPS) is 12.9. The van der Waals surface area contributed by atoms with Gasteiger partial charge in [0, 0.05) is 17.8 Å². The van der Waals surface area contributed by atoms with Crippen molar-refractivity contribution in [2.45, 2.75) is 0 Å². The number of carbonyl (C=O) groups excluding carboxylic acids is 1. The minimum Gasteiger partial charge on any atom is -0.870 e. The Balaban J connectivity index is 1.64. The number of pyridine rings is 1. The summed E-state index contributed by atoms with van der Waals surface area (Å²) in [5.41, 5.74) is 1.11. The quantitative estimate of drug-likeness (QED) is 0.824. The lowest BCUT2D eigenvalue weighted by Gasteiger charge is -2.08. The van der Waals surface area contributed by atoms with Crippen molar-refractivity contribution in [3.8, 4) is 11.5 Å². The highest BCUT2D eigenvalue weighted by Gasteiger charge is 2.22. The topological polar surface area (TPSA) is 102 Å². The number of fused-ring (bicyclic) bond motifs is 1. The molecule has 2 aromatic rings. The Morgan fingerprint density at radius 1 is 1.41 bits per heavy atom.